The van der Waals surface area contributed by atoms with Crippen molar-refractivity contribution in [3.8, 4) is 0 Å². The van der Waals surface area contributed by atoms with Crippen LogP contribution in [0.3, 0.4) is 0 Å². The summed E-state index contributed by atoms with van der Waals surface area (Å²) >= 11 is 0. The lowest BCUT2D eigenvalue weighted by atomic mass is 9.98. The van der Waals surface area contributed by atoms with Crippen LogP contribution in [0.4, 0.5) is 0 Å². The maximum Gasteiger partial charge on any atom is 0.308 e. The first-order valence-corrected chi connectivity index (χ1v) is 6.72. The van der Waals surface area contributed by atoms with Gasteiger partial charge in [0.1, 0.15) is 0 Å². The standard InChI is InChI=1S/C15H22N2O3/c1-4-20-14(18)9-13(17-15(19)11(3)16)12-8-6-5-7-10(12)2/h5-8,11,13H,4,9,16H2,1-3H3,(H,17,19)/t11-,13?/m1/s1. The molecular formula is C15H22N2O3. The summed E-state index contributed by atoms with van der Waals surface area (Å²) in [7, 11) is 0. The van der Waals surface area contributed by atoms with Crippen LogP contribution in [-0.4, -0.2) is 24.5 Å². The molecule has 1 aromatic rings. The quantitative estimate of drug-likeness (QED) is 0.772. The van der Waals surface area contributed by atoms with Crippen molar-refractivity contribution in [2.75, 3.05) is 6.61 Å². The number of rotatable bonds is 6. The van der Waals surface area contributed by atoms with Crippen molar-refractivity contribution < 1.29 is 14.3 Å². The highest BCUT2D eigenvalue weighted by Gasteiger charge is 2.21. The molecule has 0 aliphatic carbocycles. The number of esters is 1. The van der Waals surface area contributed by atoms with Crippen molar-refractivity contribution in [2.24, 2.45) is 5.73 Å². The van der Waals surface area contributed by atoms with E-state index in [9.17, 15) is 9.59 Å². The molecule has 0 aliphatic rings. The number of nitrogens with one attached hydrogen (secondary N) is 1. The molecule has 5 nitrogen and oxygen atoms in total. The number of hydrogen-bond acceptors (Lipinski definition) is 4. The zero-order valence-electron chi connectivity index (χ0n) is 12.2. The molecule has 3 N–H and O–H groups in total. The first-order chi connectivity index (χ1) is 9.45. The van der Waals surface area contributed by atoms with E-state index in [1.165, 1.54) is 0 Å². The van der Waals surface area contributed by atoms with Gasteiger partial charge in [0.05, 0.1) is 25.1 Å². The first-order valence-electron chi connectivity index (χ1n) is 6.72. The molecule has 20 heavy (non-hydrogen) atoms. The average molecular weight is 278 g/mol. The van der Waals surface area contributed by atoms with E-state index < -0.39 is 12.1 Å². The third-order valence-electron chi connectivity index (χ3n) is 2.97. The van der Waals surface area contributed by atoms with Crippen molar-refractivity contribution in [1.82, 2.24) is 5.32 Å². The number of carbonyl (C=O) groups is 2. The van der Waals surface area contributed by atoms with Crippen LogP contribution in [0.25, 0.3) is 0 Å². The lowest BCUT2D eigenvalue weighted by Gasteiger charge is -2.21. The summed E-state index contributed by atoms with van der Waals surface area (Å²) in [6, 6.07) is 6.57. The van der Waals surface area contributed by atoms with Crippen LogP contribution in [0, 0.1) is 6.92 Å². The monoisotopic (exact) mass is 278 g/mol. The second kappa shape index (κ2) is 7.65. The third kappa shape index (κ3) is 4.66. The van der Waals surface area contributed by atoms with Crippen molar-refractivity contribution >= 4 is 11.9 Å². The Morgan fingerprint density at radius 2 is 2.00 bits per heavy atom. The molecular weight excluding hydrogens is 256 g/mol. The summed E-state index contributed by atoms with van der Waals surface area (Å²) < 4.78 is 4.95. The van der Waals surface area contributed by atoms with Gasteiger partial charge in [-0.25, -0.2) is 0 Å². The fourth-order valence-electron chi connectivity index (χ4n) is 1.91. The van der Waals surface area contributed by atoms with Crippen molar-refractivity contribution in [1.29, 1.82) is 0 Å². The van der Waals surface area contributed by atoms with Crippen molar-refractivity contribution in [3.63, 3.8) is 0 Å². The van der Waals surface area contributed by atoms with E-state index in [0.717, 1.165) is 11.1 Å². The van der Waals surface area contributed by atoms with Gasteiger partial charge < -0.3 is 15.8 Å². The predicted octanol–water partition coefficient (Wildman–Crippen LogP) is 1.45. The first kappa shape index (κ1) is 16.2. The van der Waals surface area contributed by atoms with Gasteiger partial charge in [0.2, 0.25) is 5.91 Å². The summed E-state index contributed by atoms with van der Waals surface area (Å²) in [5.74, 6) is -0.631. The topological polar surface area (TPSA) is 81.4 Å². The van der Waals surface area contributed by atoms with Gasteiger partial charge in [-0.3, -0.25) is 9.59 Å². The molecule has 0 aromatic heterocycles. The van der Waals surface area contributed by atoms with Crippen molar-refractivity contribution in [3.05, 3.63) is 35.4 Å². The smallest absolute Gasteiger partial charge is 0.308 e. The number of aryl methyl sites for hydroxylation is 1. The minimum Gasteiger partial charge on any atom is -0.466 e. The minimum atomic E-state index is -0.622. The predicted molar refractivity (Wildman–Crippen MR) is 77.0 cm³/mol. The summed E-state index contributed by atoms with van der Waals surface area (Å²) in [5, 5.41) is 2.80. The Hall–Kier alpha value is -1.88. The molecule has 0 spiro atoms. The molecule has 0 bridgehead atoms. The van der Waals surface area contributed by atoms with Crippen LogP contribution in [0.5, 0.6) is 0 Å². The molecule has 0 fully saturated rings. The molecule has 1 amide bonds. The van der Waals surface area contributed by atoms with Crippen molar-refractivity contribution in [2.45, 2.75) is 39.3 Å². The molecule has 0 saturated heterocycles. The van der Waals surface area contributed by atoms with Crippen LogP contribution in [0.1, 0.15) is 37.4 Å². The van der Waals surface area contributed by atoms with E-state index in [4.69, 9.17) is 10.5 Å². The van der Waals surface area contributed by atoms with Gasteiger partial charge in [-0.15, -0.1) is 0 Å². The highest BCUT2D eigenvalue weighted by atomic mass is 16.5. The fourth-order valence-corrected chi connectivity index (χ4v) is 1.91. The zero-order valence-corrected chi connectivity index (χ0v) is 12.2. The summed E-state index contributed by atoms with van der Waals surface area (Å²) in [6.07, 6.45) is 0.0944. The Bertz CT molecular complexity index is 472. The Morgan fingerprint density at radius 1 is 1.35 bits per heavy atom. The number of benzene rings is 1. The Labute approximate surface area is 119 Å². The molecule has 0 aliphatic heterocycles. The van der Waals surface area contributed by atoms with E-state index in [1.807, 2.05) is 31.2 Å². The highest BCUT2D eigenvalue weighted by Crippen LogP contribution is 2.21. The molecule has 1 rings (SSSR count). The van der Waals surface area contributed by atoms with Gasteiger partial charge in [-0.05, 0) is 31.9 Å². The van der Waals surface area contributed by atoms with Crippen LogP contribution in [0.2, 0.25) is 0 Å². The van der Waals surface area contributed by atoms with Gasteiger partial charge in [0, 0.05) is 0 Å². The number of nitrogens with two attached hydrogens (primary N) is 1. The number of hydrogen-bond donors (Lipinski definition) is 2. The van der Waals surface area contributed by atoms with Crippen LogP contribution >= 0.6 is 0 Å². The summed E-state index contributed by atoms with van der Waals surface area (Å²) in [5.41, 5.74) is 7.47. The van der Waals surface area contributed by atoms with Crippen LogP contribution in [-0.2, 0) is 14.3 Å². The second-order valence-corrected chi connectivity index (χ2v) is 4.72. The van der Waals surface area contributed by atoms with Gasteiger partial charge in [-0.2, -0.15) is 0 Å². The van der Waals surface area contributed by atoms with Gasteiger partial charge in [-0.1, -0.05) is 24.3 Å². The molecule has 5 heteroatoms. The molecule has 1 unspecified atom stereocenters. The van der Waals surface area contributed by atoms with Gasteiger partial charge >= 0.3 is 5.97 Å². The maximum absolute atomic E-state index is 11.8. The van der Waals surface area contributed by atoms with E-state index in [2.05, 4.69) is 5.32 Å². The largest absolute Gasteiger partial charge is 0.466 e. The number of carbonyl (C=O) groups excluding carboxylic acids is 2. The Morgan fingerprint density at radius 3 is 2.55 bits per heavy atom. The molecule has 2 atom stereocenters. The van der Waals surface area contributed by atoms with Gasteiger partial charge in [0.15, 0.2) is 0 Å². The molecule has 1 aromatic carbocycles. The lowest BCUT2D eigenvalue weighted by molar-refractivity contribution is -0.143. The Balaban J connectivity index is 2.92. The normalized spacial score (nSPS) is 13.4. The molecule has 0 heterocycles. The molecule has 0 radical (unpaired) electrons. The number of amides is 1. The minimum absolute atomic E-state index is 0.0944. The number of ether oxygens (including phenoxy) is 1. The summed E-state index contributed by atoms with van der Waals surface area (Å²) in [4.78, 5) is 23.5. The average Bonchev–Trinajstić information content (AvgIpc) is 2.38. The zero-order chi connectivity index (χ0) is 15.1. The van der Waals surface area contributed by atoms with Crippen LogP contribution < -0.4 is 11.1 Å². The van der Waals surface area contributed by atoms with E-state index >= 15 is 0 Å². The van der Waals surface area contributed by atoms with E-state index in [1.54, 1.807) is 13.8 Å². The Kier molecular flexibility index (Phi) is 6.18. The fraction of sp³-hybridized carbons (Fsp3) is 0.467. The SMILES string of the molecule is CCOC(=O)CC(NC(=O)[C@@H](C)N)c1ccccc1C. The molecule has 0 saturated carbocycles. The summed E-state index contributed by atoms with van der Waals surface area (Å²) in [6.45, 7) is 5.61. The lowest BCUT2D eigenvalue weighted by Crippen LogP contribution is -2.41. The second-order valence-electron chi connectivity index (χ2n) is 4.72. The van der Waals surface area contributed by atoms with Crippen LogP contribution in [0.15, 0.2) is 24.3 Å². The molecule has 110 valence electrons. The van der Waals surface area contributed by atoms with Gasteiger partial charge in [0.25, 0.3) is 0 Å². The third-order valence-corrected chi connectivity index (χ3v) is 2.97. The van der Waals surface area contributed by atoms with E-state index in [0.29, 0.717) is 6.61 Å². The van der Waals surface area contributed by atoms with E-state index in [-0.39, 0.29) is 18.3 Å². The maximum atomic E-state index is 11.8. The highest BCUT2D eigenvalue weighted by molar-refractivity contribution is 5.82.